The molecule has 1 atom stereocenters. The van der Waals surface area contributed by atoms with Crippen molar-refractivity contribution < 1.29 is 9.53 Å². The predicted octanol–water partition coefficient (Wildman–Crippen LogP) is 2.26. The molecule has 0 fully saturated rings. The van der Waals surface area contributed by atoms with Gasteiger partial charge in [-0.15, -0.1) is 0 Å². The highest BCUT2D eigenvalue weighted by Gasteiger charge is 2.10. The lowest BCUT2D eigenvalue weighted by molar-refractivity contribution is 0.249. The Hall–Kier alpha value is -2.57. The molecular formula is C15H21N5O2. The average Bonchev–Trinajstić information content (AvgIpc) is 2.86. The number of pyridine rings is 1. The van der Waals surface area contributed by atoms with E-state index in [1.165, 1.54) is 0 Å². The van der Waals surface area contributed by atoms with Crippen LogP contribution in [0, 0.1) is 6.92 Å². The normalized spacial score (nSPS) is 11.8. The van der Waals surface area contributed by atoms with E-state index < -0.39 is 0 Å². The molecule has 2 rings (SSSR count). The third-order valence-corrected chi connectivity index (χ3v) is 2.94. The van der Waals surface area contributed by atoms with Crippen LogP contribution < -0.4 is 15.4 Å². The standard InChI is InChI=1S/C15H21N5O2/c1-4-22-14-6-5-12(9-16-14)18-15(21)17-10(2)7-13-8-11(3)19-20-13/h5-6,8-10H,4,7H2,1-3H3,(H,19,20)(H2,17,18,21). The van der Waals surface area contributed by atoms with Gasteiger partial charge < -0.3 is 15.4 Å². The summed E-state index contributed by atoms with van der Waals surface area (Å²) in [4.78, 5) is 16.0. The molecule has 0 saturated carbocycles. The molecule has 1 unspecified atom stereocenters. The van der Waals surface area contributed by atoms with E-state index in [2.05, 4.69) is 25.8 Å². The lowest BCUT2D eigenvalue weighted by Gasteiger charge is -2.13. The molecule has 0 saturated heterocycles. The number of nitrogens with one attached hydrogen (secondary N) is 3. The Kier molecular flexibility index (Phi) is 5.35. The number of hydrogen-bond donors (Lipinski definition) is 3. The van der Waals surface area contributed by atoms with Crippen LogP contribution in [0.5, 0.6) is 5.88 Å². The highest BCUT2D eigenvalue weighted by atomic mass is 16.5. The van der Waals surface area contributed by atoms with Gasteiger partial charge in [0.25, 0.3) is 0 Å². The van der Waals surface area contributed by atoms with Crippen molar-refractivity contribution in [2.45, 2.75) is 33.2 Å². The van der Waals surface area contributed by atoms with Gasteiger partial charge in [-0.2, -0.15) is 5.10 Å². The van der Waals surface area contributed by atoms with E-state index in [9.17, 15) is 4.79 Å². The van der Waals surface area contributed by atoms with E-state index in [-0.39, 0.29) is 12.1 Å². The van der Waals surface area contributed by atoms with Crippen LogP contribution in [0.3, 0.4) is 0 Å². The van der Waals surface area contributed by atoms with Gasteiger partial charge in [0.1, 0.15) is 0 Å². The number of anilines is 1. The molecule has 0 aliphatic rings. The van der Waals surface area contributed by atoms with Gasteiger partial charge in [0, 0.05) is 24.2 Å². The van der Waals surface area contributed by atoms with Crippen LogP contribution in [-0.4, -0.2) is 33.9 Å². The molecule has 118 valence electrons. The summed E-state index contributed by atoms with van der Waals surface area (Å²) >= 11 is 0. The first-order valence-electron chi connectivity index (χ1n) is 7.24. The Morgan fingerprint density at radius 2 is 2.27 bits per heavy atom. The second kappa shape index (κ2) is 7.44. The Bertz CT molecular complexity index is 609. The summed E-state index contributed by atoms with van der Waals surface area (Å²) in [5, 5.41) is 12.6. The van der Waals surface area contributed by atoms with Gasteiger partial charge in [0.05, 0.1) is 24.2 Å². The molecular weight excluding hydrogens is 282 g/mol. The van der Waals surface area contributed by atoms with Crippen LogP contribution in [0.2, 0.25) is 0 Å². The number of carbonyl (C=O) groups is 1. The van der Waals surface area contributed by atoms with Crippen LogP contribution in [0.4, 0.5) is 10.5 Å². The van der Waals surface area contributed by atoms with Crippen molar-refractivity contribution in [3.8, 4) is 5.88 Å². The molecule has 0 radical (unpaired) electrons. The summed E-state index contributed by atoms with van der Waals surface area (Å²) in [6.07, 6.45) is 2.23. The van der Waals surface area contributed by atoms with Crippen LogP contribution in [-0.2, 0) is 6.42 Å². The van der Waals surface area contributed by atoms with Crippen molar-refractivity contribution in [3.63, 3.8) is 0 Å². The van der Waals surface area contributed by atoms with E-state index >= 15 is 0 Å². The monoisotopic (exact) mass is 303 g/mol. The molecule has 2 heterocycles. The van der Waals surface area contributed by atoms with E-state index in [0.717, 1.165) is 11.4 Å². The third-order valence-electron chi connectivity index (χ3n) is 2.94. The summed E-state index contributed by atoms with van der Waals surface area (Å²) < 4.78 is 5.25. The number of amides is 2. The Balaban J connectivity index is 1.81. The first-order valence-corrected chi connectivity index (χ1v) is 7.24. The zero-order chi connectivity index (χ0) is 15.9. The minimum absolute atomic E-state index is 0.0293. The van der Waals surface area contributed by atoms with Crippen molar-refractivity contribution >= 4 is 11.7 Å². The molecule has 7 heteroatoms. The van der Waals surface area contributed by atoms with Gasteiger partial charge in [0.2, 0.25) is 5.88 Å². The number of carbonyl (C=O) groups excluding carboxylic acids is 1. The zero-order valence-corrected chi connectivity index (χ0v) is 13.0. The third kappa shape index (κ3) is 4.76. The van der Waals surface area contributed by atoms with Gasteiger partial charge in [0.15, 0.2) is 0 Å². The zero-order valence-electron chi connectivity index (χ0n) is 13.0. The fourth-order valence-electron chi connectivity index (χ4n) is 2.02. The fourth-order valence-corrected chi connectivity index (χ4v) is 2.02. The van der Waals surface area contributed by atoms with Gasteiger partial charge in [-0.05, 0) is 32.9 Å². The number of aromatic amines is 1. The molecule has 2 aromatic rings. The largest absolute Gasteiger partial charge is 0.478 e. The molecule has 0 aliphatic heterocycles. The predicted molar refractivity (Wildman–Crippen MR) is 84.1 cm³/mol. The van der Waals surface area contributed by atoms with Crippen LogP contribution in [0.1, 0.15) is 25.2 Å². The molecule has 7 nitrogen and oxygen atoms in total. The van der Waals surface area contributed by atoms with E-state index in [4.69, 9.17) is 4.74 Å². The van der Waals surface area contributed by atoms with Crippen LogP contribution in [0.25, 0.3) is 0 Å². The average molecular weight is 303 g/mol. The number of aryl methyl sites for hydroxylation is 1. The Morgan fingerprint density at radius 3 is 2.86 bits per heavy atom. The van der Waals surface area contributed by atoms with Crippen molar-refractivity contribution in [3.05, 3.63) is 35.8 Å². The van der Waals surface area contributed by atoms with Crippen molar-refractivity contribution in [2.24, 2.45) is 0 Å². The molecule has 3 N–H and O–H groups in total. The van der Waals surface area contributed by atoms with E-state index in [0.29, 0.717) is 24.6 Å². The second-order valence-corrected chi connectivity index (χ2v) is 5.06. The quantitative estimate of drug-likeness (QED) is 0.763. The summed E-state index contributed by atoms with van der Waals surface area (Å²) in [7, 11) is 0. The number of rotatable bonds is 6. The molecule has 0 bridgehead atoms. The number of nitrogens with zero attached hydrogens (tertiary/aromatic N) is 2. The van der Waals surface area contributed by atoms with Gasteiger partial charge >= 0.3 is 6.03 Å². The number of urea groups is 1. The Morgan fingerprint density at radius 1 is 1.45 bits per heavy atom. The number of aromatic nitrogens is 3. The lowest BCUT2D eigenvalue weighted by Crippen LogP contribution is -2.37. The van der Waals surface area contributed by atoms with Crippen LogP contribution in [0.15, 0.2) is 24.4 Å². The maximum absolute atomic E-state index is 11.9. The van der Waals surface area contributed by atoms with E-state index in [1.807, 2.05) is 26.8 Å². The number of hydrogen-bond acceptors (Lipinski definition) is 4. The smallest absolute Gasteiger partial charge is 0.319 e. The summed E-state index contributed by atoms with van der Waals surface area (Å²) in [6.45, 7) is 6.33. The number of ether oxygens (including phenoxy) is 1. The maximum Gasteiger partial charge on any atom is 0.319 e. The van der Waals surface area contributed by atoms with Gasteiger partial charge in [-0.1, -0.05) is 0 Å². The van der Waals surface area contributed by atoms with Gasteiger partial charge in [-0.25, -0.2) is 9.78 Å². The fraction of sp³-hybridized carbons (Fsp3) is 0.400. The summed E-state index contributed by atoms with van der Waals surface area (Å²) in [6, 6.07) is 5.13. The van der Waals surface area contributed by atoms with Crippen LogP contribution >= 0.6 is 0 Å². The van der Waals surface area contributed by atoms with E-state index in [1.54, 1.807) is 18.3 Å². The molecule has 0 aliphatic carbocycles. The Labute approximate surface area is 129 Å². The highest BCUT2D eigenvalue weighted by Crippen LogP contribution is 2.11. The number of H-pyrrole nitrogens is 1. The SMILES string of the molecule is CCOc1ccc(NC(=O)NC(C)Cc2cc(C)[nH]n2)cn1. The maximum atomic E-state index is 11.9. The highest BCUT2D eigenvalue weighted by molar-refractivity contribution is 5.89. The van der Waals surface area contributed by atoms with Crippen molar-refractivity contribution in [2.75, 3.05) is 11.9 Å². The summed E-state index contributed by atoms with van der Waals surface area (Å²) in [5.74, 6) is 0.538. The molecule has 2 amide bonds. The first-order chi connectivity index (χ1) is 10.6. The molecule has 2 aromatic heterocycles. The minimum atomic E-state index is -0.272. The molecule has 0 spiro atoms. The van der Waals surface area contributed by atoms with Crippen molar-refractivity contribution in [1.29, 1.82) is 0 Å². The van der Waals surface area contributed by atoms with Gasteiger partial charge in [-0.3, -0.25) is 5.10 Å². The topological polar surface area (TPSA) is 91.9 Å². The van der Waals surface area contributed by atoms with Crippen molar-refractivity contribution in [1.82, 2.24) is 20.5 Å². The lowest BCUT2D eigenvalue weighted by atomic mass is 10.2. The molecule has 22 heavy (non-hydrogen) atoms. The second-order valence-electron chi connectivity index (χ2n) is 5.06. The first kappa shape index (κ1) is 15.8. The summed E-state index contributed by atoms with van der Waals surface area (Å²) in [5.41, 5.74) is 2.55. The minimum Gasteiger partial charge on any atom is -0.478 e. The molecule has 0 aromatic carbocycles.